The fourth-order valence-electron chi connectivity index (χ4n) is 3.87. The summed E-state index contributed by atoms with van der Waals surface area (Å²) in [7, 11) is 0. The van der Waals surface area contributed by atoms with Crippen molar-refractivity contribution in [1.82, 2.24) is 16.2 Å². The molecule has 3 N–H and O–H groups in total. The van der Waals surface area contributed by atoms with Gasteiger partial charge in [0.15, 0.2) is 0 Å². The van der Waals surface area contributed by atoms with Crippen LogP contribution in [0.25, 0.3) is 0 Å². The van der Waals surface area contributed by atoms with Gasteiger partial charge in [-0.25, -0.2) is 10.2 Å². The molecule has 0 unspecified atom stereocenters. The number of unbranched alkanes of at least 4 members (excludes halogenated alkanes) is 15. The molecule has 1 rings (SSSR count). The Morgan fingerprint density at radius 2 is 1.09 bits per heavy atom. The Morgan fingerprint density at radius 3 is 1.59 bits per heavy atom. The molecule has 0 bridgehead atoms. The van der Waals surface area contributed by atoms with Gasteiger partial charge in [0.05, 0.1) is 6.42 Å². The van der Waals surface area contributed by atoms with E-state index < -0.39 is 0 Å². The second-order valence-corrected chi connectivity index (χ2v) is 8.89. The van der Waals surface area contributed by atoms with Gasteiger partial charge in [0.2, 0.25) is 5.91 Å². The molecule has 0 aromatic heterocycles. The second-order valence-electron chi connectivity index (χ2n) is 8.89. The zero-order chi connectivity index (χ0) is 23.1. The number of carbonyl (C=O) groups is 2. The first-order chi connectivity index (χ1) is 15.7. The van der Waals surface area contributed by atoms with Gasteiger partial charge in [-0.2, -0.15) is 0 Å². The summed E-state index contributed by atoms with van der Waals surface area (Å²) in [6.45, 7) is 2.91. The Labute approximate surface area is 196 Å². The summed E-state index contributed by atoms with van der Waals surface area (Å²) in [5, 5.41) is 2.79. The standard InChI is InChI=1S/C27H47N3O2/c1-2-3-4-5-6-7-8-9-10-11-12-13-14-15-16-20-23-28-27(32)30-29-26(31)24-25-21-18-17-19-22-25/h17-19,21-22H,2-16,20,23-24H2,1H3,(H,29,31)(H2,28,30,32). The predicted molar refractivity (Wildman–Crippen MR) is 134 cm³/mol. The topological polar surface area (TPSA) is 70.2 Å². The van der Waals surface area contributed by atoms with E-state index in [1.807, 2.05) is 30.3 Å². The number of hydrogen-bond acceptors (Lipinski definition) is 2. The summed E-state index contributed by atoms with van der Waals surface area (Å²) in [6.07, 6.45) is 21.6. The Kier molecular flexibility index (Phi) is 18.2. The smallest absolute Gasteiger partial charge is 0.333 e. The van der Waals surface area contributed by atoms with E-state index >= 15 is 0 Å². The predicted octanol–water partition coefficient (Wildman–Crippen LogP) is 6.82. The van der Waals surface area contributed by atoms with E-state index in [0.717, 1.165) is 18.4 Å². The van der Waals surface area contributed by atoms with Crippen molar-refractivity contribution in [2.45, 2.75) is 116 Å². The Balaban J connectivity index is 1.79. The first kappa shape index (κ1) is 28.0. The Hall–Kier alpha value is -2.04. The van der Waals surface area contributed by atoms with Gasteiger partial charge in [-0.05, 0) is 12.0 Å². The highest BCUT2D eigenvalue weighted by molar-refractivity contribution is 5.82. The normalized spacial score (nSPS) is 10.7. The molecule has 1 aromatic rings. The van der Waals surface area contributed by atoms with Crippen LogP contribution in [0.3, 0.4) is 0 Å². The number of nitrogens with one attached hydrogen (secondary N) is 3. The number of amides is 3. The van der Waals surface area contributed by atoms with Gasteiger partial charge in [-0.1, -0.05) is 134 Å². The minimum absolute atomic E-state index is 0.228. The maximum absolute atomic E-state index is 11.8. The molecule has 1 aromatic carbocycles. The lowest BCUT2D eigenvalue weighted by molar-refractivity contribution is -0.121. The highest BCUT2D eigenvalue weighted by Gasteiger charge is 2.04. The van der Waals surface area contributed by atoms with E-state index in [1.165, 1.54) is 89.9 Å². The first-order valence-corrected chi connectivity index (χ1v) is 13.1. The Morgan fingerprint density at radius 1 is 0.625 bits per heavy atom. The average molecular weight is 446 g/mol. The third-order valence-corrected chi connectivity index (χ3v) is 5.84. The maximum Gasteiger partial charge on any atom is 0.333 e. The number of carbonyl (C=O) groups excluding carboxylic acids is 2. The molecule has 32 heavy (non-hydrogen) atoms. The van der Waals surface area contributed by atoms with Crippen molar-refractivity contribution in [2.75, 3.05) is 6.54 Å². The van der Waals surface area contributed by atoms with E-state index in [2.05, 4.69) is 23.1 Å². The van der Waals surface area contributed by atoms with Crippen molar-refractivity contribution in [1.29, 1.82) is 0 Å². The van der Waals surface area contributed by atoms with Crippen LogP contribution in [0.2, 0.25) is 0 Å². The van der Waals surface area contributed by atoms with Gasteiger partial charge in [0, 0.05) is 6.54 Å². The van der Waals surface area contributed by atoms with Crippen LogP contribution < -0.4 is 16.2 Å². The van der Waals surface area contributed by atoms with Crippen molar-refractivity contribution in [3.8, 4) is 0 Å². The lowest BCUT2D eigenvalue weighted by Gasteiger charge is -2.09. The van der Waals surface area contributed by atoms with Gasteiger partial charge >= 0.3 is 6.03 Å². The molecule has 0 saturated carbocycles. The lowest BCUT2D eigenvalue weighted by Crippen LogP contribution is -2.47. The highest BCUT2D eigenvalue weighted by atomic mass is 16.2. The molecule has 0 saturated heterocycles. The summed E-state index contributed by atoms with van der Waals surface area (Å²) in [4.78, 5) is 23.5. The van der Waals surface area contributed by atoms with Crippen molar-refractivity contribution < 1.29 is 9.59 Å². The molecule has 0 spiro atoms. The van der Waals surface area contributed by atoms with E-state index in [-0.39, 0.29) is 18.4 Å². The largest absolute Gasteiger partial charge is 0.337 e. The van der Waals surface area contributed by atoms with Gasteiger partial charge < -0.3 is 5.32 Å². The van der Waals surface area contributed by atoms with E-state index in [4.69, 9.17) is 0 Å². The van der Waals surface area contributed by atoms with E-state index in [1.54, 1.807) is 0 Å². The molecule has 0 heterocycles. The third kappa shape index (κ3) is 17.6. The summed E-state index contributed by atoms with van der Waals surface area (Å²) in [6, 6.07) is 9.11. The molecule has 5 nitrogen and oxygen atoms in total. The van der Waals surface area contributed by atoms with Crippen LogP contribution in [0.5, 0.6) is 0 Å². The summed E-state index contributed by atoms with van der Waals surface area (Å²) >= 11 is 0. The SMILES string of the molecule is CCCCCCCCCCCCCCCCCCNC(=O)NNC(=O)Cc1ccccc1. The second kappa shape index (κ2) is 20.8. The monoisotopic (exact) mass is 445 g/mol. The van der Waals surface area contributed by atoms with Crippen molar-refractivity contribution in [3.05, 3.63) is 35.9 Å². The number of benzene rings is 1. The van der Waals surface area contributed by atoms with E-state index in [0.29, 0.717) is 6.54 Å². The number of hydrogen-bond donors (Lipinski definition) is 3. The van der Waals surface area contributed by atoms with Crippen molar-refractivity contribution in [3.63, 3.8) is 0 Å². The molecule has 0 radical (unpaired) electrons. The fraction of sp³-hybridized carbons (Fsp3) is 0.704. The summed E-state index contributed by atoms with van der Waals surface area (Å²) < 4.78 is 0. The minimum Gasteiger partial charge on any atom is -0.337 e. The van der Waals surface area contributed by atoms with Gasteiger partial charge in [-0.15, -0.1) is 0 Å². The molecular weight excluding hydrogens is 398 g/mol. The minimum atomic E-state index is -0.354. The summed E-state index contributed by atoms with van der Waals surface area (Å²) in [5.41, 5.74) is 5.76. The molecule has 0 fully saturated rings. The van der Waals surface area contributed by atoms with Crippen LogP contribution in [0.4, 0.5) is 4.79 Å². The Bertz CT molecular complexity index is 578. The molecule has 0 aliphatic rings. The van der Waals surface area contributed by atoms with Crippen molar-refractivity contribution in [2.24, 2.45) is 0 Å². The number of rotatable bonds is 19. The lowest BCUT2D eigenvalue weighted by atomic mass is 10.0. The quantitative estimate of drug-likeness (QED) is 0.161. The van der Waals surface area contributed by atoms with Gasteiger partial charge in [0.1, 0.15) is 0 Å². The number of urea groups is 1. The molecule has 5 heteroatoms. The zero-order valence-corrected chi connectivity index (χ0v) is 20.4. The maximum atomic E-state index is 11.8. The van der Waals surface area contributed by atoms with Crippen LogP contribution >= 0.6 is 0 Å². The molecule has 0 aliphatic carbocycles. The van der Waals surface area contributed by atoms with Crippen LogP contribution in [-0.4, -0.2) is 18.5 Å². The van der Waals surface area contributed by atoms with E-state index in [9.17, 15) is 9.59 Å². The van der Waals surface area contributed by atoms with Crippen LogP contribution in [0.1, 0.15) is 115 Å². The van der Waals surface area contributed by atoms with Crippen molar-refractivity contribution >= 4 is 11.9 Å². The molecule has 0 aliphatic heterocycles. The third-order valence-electron chi connectivity index (χ3n) is 5.84. The van der Waals surface area contributed by atoms with Crippen LogP contribution in [0.15, 0.2) is 30.3 Å². The van der Waals surface area contributed by atoms with Gasteiger partial charge in [0.25, 0.3) is 0 Å². The van der Waals surface area contributed by atoms with Gasteiger partial charge in [-0.3, -0.25) is 10.2 Å². The fourth-order valence-corrected chi connectivity index (χ4v) is 3.87. The van der Waals surface area contributed by atoms with Crippen LogP contribution in [-0.2, 0) is 11.2 Å². The van der Waals surface area contributed by atoms with Crippen LogP contribution in [0, 0.1) is 0 Å². The average Bonchev–Trinajstić information content (AvgIpc) is 2.80. The molecule has 0 atom stereocenters. The molecule has 3 amide bonds. The molecular formula is C27H47N3O2. The number of hydrazine groups is 1. The molecule has 182 valence electrons. The first-order valence-electron chi connectivity index (χ1n) is 13.1. The summed E-state index contributed by atoms with van der Waals surface area (Å²) in [5.74, 6) is -0.228. The highest BCUT2D eigenvalue weighted by Crippen LogP contribution is 2.13. The zero-order valence-electron chi connectivity index (χ0n) is 20.4.